The maximum absolute atomic E-state index is 13.2. The largest absolute Gasteiger partial charge is 0.417 e. The summed E-state index contributed by atoms with van der Waals surface area (Å²) in [6, 6.07) is 2.19. The van der Waals surface area contributed by atoms with Gasteiger partial charge in [-0.1, -0.05) is 0 Å². The molecule has 8 nitrogen and oxygen atoms in total. The van der Waals surface area contributed by atoms with Gasteiger partial charge in [0.05, 0.1) is 17.9 Å². The highest BCUT2D eigenvalue weighted by atomic mass is 32.2. The van der Waals surface area contributed by atoms with Gasteiger partial charge in [-0.2, -0.15) is 13.2 Å². The van der Waals surface area contributed by atoms with Crippen molar-refractivity contribution in [3.63, 3.8) is 0 Å². The number of alkyl halides is 3. The topological polar surface area (TPSA) is 94.6 Å². The Morgan fingerprint density at radius 2 is 1.75 bits per heavy atom. The monoisotopic (exact) mass is 529 g/mol. The van der Waals surface area contributed by atoms with Crippen LogP contribution in [0.4, 0.5) is 19.0 Å². The van der Waals surface area contributed by atoms with E-state index < -0.39 is 21.8 Å². The number of hydrogen-bond acceptors (Lipinski definition) is 6. The molecule has 3 atom stereocenters. The molecule has 1 aromatic rings. The number of carbonyl (C=O) groups excluding carboxylic acids is 1. The molecule has 200 valence electrons. The van der Waals surface area contributed by atoms with Gasteiger partial charge in [0.15, 0.2) is 0 Å². The SMILES string of the molecule is CC(C(=O)NC1C2CC3CC1CC(NS(C)(=O)=O)(C3)C2)N1CCN(c2ccc(C(F)(F)F)cn2)CC1. The number of nitrogens with one attached hydrogen (secondary N) is 2. The first kappa shape index (κ1) is 25.7. The lowest BCUT2D eigenvalue weighted by Crippen LogP contribution is -2.67. The molecule has 0 radical (unpaired) electrons. The van der Waals surface area contributed by atoms with Crippen LogP contribution in [0, 0.1) is 17.8 Å². The van der Waals surface area contributed by atoms with Crippen LogP contribution in [0.15, 0.2) is 18.3 Å². The predicted octanol–water partition coefficient (Wildman–Crippen LogP) is 2.22. The molecular weight excluding hydrogens is 495 g/mol. The van der Waals surface area contributed by atoms with Crippen LogP contribution in [0.3, 0.4) is 0 Å². The first-order valence-corrected chi connectivity index (χ1v) is 14.5. The van der Waals surface area contributed by atoms with Crippen LogP contribution in [0.1, 0.15) is 44.6 Å². The summed E-state index contributed by atoms with van der Waals surface area (Å²) in [5.41, 5.74) is -1.13. The fourth-order valence-corrected chi connectivity index (χ4v) is 8.34. The van der Waals surface area contributed by atoms with Crippen LogP contribution >= 0.6 is 0 Å². The van der Waals surface area contributed by atoms with E-state index in [0.717, 1.165) is 44.4 Å². The highest BCUT2D eigenvalue weighted by molar-refractivity contribution is 7.88. The number of sulfonamides is 1. The zero-order valence-electron chi connectivity index (χ0n) is 20.6. The lowest BCUT2D eigenvalue weighted by Gasteiger charge is -2.60. The van der Waals surface area contributed by atoms with Crippen LogP contribution in [0.2, 0.25) is 0 Å². The third kappa shape index (κ3) is 5.22. The molecule has 4 bridgehead atoms. The molecule has 12 heteroatoms. The standard InChI is InChI=1S/C24H34F3N5O3S/c1-15(31-5-7-32(8-6-31)20-4-3-19(14-28-20)24(25,26)27)22(33)29-21-17-9-16-10-18(21)13-23(11-16,12-17)30-36(2,34)35/h3-4,14-18,21,30H,5-13H2,1-2H3,(H,29,33). The van der Waals surface area contributed by atoms with Gasteiger partial charge >= 0.3 is 6.18 Å². The fourth-order valence-electron chi connectivity index (χ4n) is 7.31. The van der Waals surface area contributed by atoms with E-state index >= 15 is 0 Å². The van der Waals surface area contributed by atoms with Crippen LogP contribution in [-0.2, 0) is 21.0 Å². The smallest absolute Gasteiger partial charge is 0.354 e. The van der Waals surface area contributed by atoms with E-state index in [0.29, 0.717) is 37.9 Å². The van der Waals surface area contributed by atoms with E-state index in [1.54, 1.807) is 0 Å². The Morgan fingerprint density at radius 3 is 2.28 bits per heavy atom. The number of piperazine rings is 1. The van der Waals surface area contributed by atoms with E-state index in [9.17, 15) is 26.4 Å². The minimum Gasteiger partial charge on any atom is -0.354 e. The minimum atomic E-state index is -4.41. The van der Waals surface area contributed by atoms with E-state index in [-0.39, 0.29) is 35.4 Å². The Morgan fingerprint density at radius 1 is 1.11 bits per heavy atom. The Balaban J connectivity index is 1.15. The lowest BCUT2D eigenvalue weighted by molar-refractivity contribution is -0.137. The van der Waals surface area contributed by atoms with Crippen molar-refractivity contribution in [1.29, 1.82) is 0 Å². The molecule has 1 aliphatic heterocycles. The molecule has 2 N–H and O–H groups in total. The van der Waals surface area contributed by atoms with Gasteiger partial charge < -0.3 is 10.2 Å². The molecule has 1 amide bonds. The van der Waals surface area contributed by atoms with Gasteiger partial charge in [0.25, 0.3) is 0 Å². The molecule has 3 unspecified atom stereocenters. The number of amides is 1. The normalized spacial score (nSPS) is 33.5. The van der Waals surface area contributed by atoms with Crippen molar-refractivity contribution in [3.05, 3.63) is 23.9 Å². The fraction of sp³-hybridized carbons (Fsp3) is 0.750. The van der Waals surface area contributed by atoms with Crippen molar-refractivity contribution < 1.29 is 26.4 Å². The highest BCUT2D eigenvalue weighted by Crippen LogP contribution is 2.56. The van der Waals surface area contributed by atoms with Crippen LogP contribution in [0.5, 0.6) is 0 Å². The third-order valence-corrected chi connectivity index (χ3v) is 9.43. The average Bonchev–Trinajstić information content (AvgIpc) is 2.78. The minimum absolute atomic E-state index is 0.0151. The van der Waals surface area contributed by atoms with Crippen LogP contribution in [-0.4, -0.2) is 74.3 Å². The number of hydrogen-bond donors (Lipinski definition) is 2. The van der Waals surface area contributed by atoms with Crippen LogP contribution in [0.25, 0.3) is 0 Å². The average molecular weight is 530 g/mol. The van der Waals surface area contributed by atoms with E-state index in [1.807, 2.05) is 11.8 Å². The molecule has 5 aliphatic rings. The van der Waals surface area contributed by atoms with Gasteiger partial charge in [-0.25, -0.2) is 18.1 Å². The second-order valence-electron chi connectivity index (χ2n) is 11.3. The second kappa shape index (κ2) is 9.13. The lowest BCUT2D eigenvalue weighted by atomic mass is 9.51. The van der Waals surface area contributed by atoms with E-state index in [4.69, 9.17) is 0 Å². The van der Waals surface area contributed by atoms with Crippen LogP contribution < -0.4 is 14.9 Å². The molecule has 36 heavy (non-hydrogen) atoms. The Hall–Kier alpha value is -1.92. The van der Waals surface area contributed by atoms with Gasteiger partial charge in [-0.3, -0.25) is 9.69 Å². The highest BCUT2D eigenvalue weighted by Gasteiger charge is 2.56. The second-order valence-corrected chi connectivity index (χ2v) is 13.0. The molecule has 1 aromatic heterocycles. The summed E-state index contributed by atoms with van der Waals surface area (Å²) in [5, 5.41) is 3.31. The zero-order chi connectivity index (χ0) is 25.9. The molecule has 2 heterocycles. The van der Waals surface area contributed by atoms with E-state index in [2.05, 4.69) is 19.9 Å². The molecule has 4 aliphatic carbocycles. The van der Waals surface area contributed by atoms with Crippen molar-refractivity contribution in [2.75, 3.05) is 37.3 Å². The number of anilines is 1. The molecule has 0 spiro atoms. The summed E-state index contributed by atoms with van der Waals surface area (Å²) in [6.07, 6.45) is 2.16. The van der Waals surface area contributed by atoms with Crippen molar-refractivity contribution >= 4 is 21.7 Å². The number of rotatable bonds is 6. The Kier molecular flexibility index (Phi) is 6.52. The van der Waals surface area contributed by atoms with Gasteiger partial charge in [0.1, 0.15) is 5.82 Å². The van der Waals surface area contributed by atoms with Crippen molar-refractivity contribution in [3.8, 4) is 0 Å². The zero-order valence-corrected chi connectivity index (χ0v) is 21.4. The van der Waals surface area contributed by atoms with Crippen molar-refractivity contribution in [2.24, 2.45) is 17.8 Å². The van der Waals surface area contributed by atoms with Gasteiger partial charge in [-0.15, -0.1) is 0 Å². The van der Waals surface area contributed by atoms with E-state index in [1.165, 1.54) is 12.3 Å². The third-order valence-electron chi connectivity index (χ3n) is 8.62. The summed E-state index contributed by atoms with van der Waals surface area (Å²) in [7, 11) is -3.29. The first-order chi connectivity index (χ1) is 16.8. The van der Waals surface area contributed by atoms with Crippen molar-refractivity contribution in [1.82, 2.24) is 19.9 Å². The molecule has 4 saturated carbocycles. The number of nitrogens with zero attached hydrogens (tertiary/aromatic N) is 3. The summed E-state index contributed by atoms with van der Waals surface area (Å²) < 4.78 is 65.3. The molecular formula is C24H34F3N5O3S. The number of halogens is 3. The summed E-state index contributed by atoms with van der Waals surface area (Å²) in [6.45, 7) is 4.26. The summed E-state index contributed by atoms with van der Waals surface area (Å²) in [4.78, 5) is 21.2. The van der Waals surface area contributed by atoms with Crippen molar-refractivity contribution in [2.45, 2.75) is 62.8 Å². The van der Waals surface area contributed by atoms with Gasteiger partial charge in [-0.05, 0) is 68.9 Å². The molecule has 5 fully saturated rings. The Bertz CT molecular complexity index is 1070. The Labute approximate surface area is 210 Å². The molecule has 0 aromatic carbocycles. The summed E-state index contributed by atoms with van der Waals surface area (Å²) >= 11 is 0. The maximum atomic E-state index is 13.2. The number of aromatic nitrogens is 1. The number of carbonyl (C=O) groups is 1. The predicted molar refractivity (Wildman–Crippen MR) is 129 cm³/mol. The first-order valence-electron chi connectivity index (χ1n) is 12.6. The maximum Gasteiger partial charge on any atom is 0.417 e. The molecule has 1 saturated heterocycles. The van der Waals surface area contributed by atoms with Gasteiger partial charge in [0.2, 0.25) is 15.9 Å². The molecule has 6 rings (SSSR count). The quantitative estimate of drug-likeness (QED) is 0.587. The summed E-state index contributed by atoms with van der Waals surface area (Å²) in [5.74, 6) is 1.56. The van der Waals surface area contributed by atoms with Gasteiger partial charge in [0, 0.05) is 44.0 Å². The number of pyridine rings is 1.